The SMILES string of the molecule is CC(C)CN(C[C@H](O)[C@H](Cc1ccccc1)NC(=O)[C@@H](N1CCN(Cc2csc(-c3ccncc3)n2)C1=O)C(C)(C)C)S(=O)(=O)c1ccc(C=NO)cc1. The summed E-state index contributed by atoms with van der Waals surface area (Å²) in [5.41, 5.74) is 2.36. The van der Waals surface area contributed by atoms with Crippen molar-refractivity contribution in [1.82, 2.24) is 29.4 Å². The van der Waals surface area contributed by atoms with Gasteiger partial charge in [-0.1, -0.05) is 82.2 Å². The van der Waals surface area contributed by atoms with E-state index in [2.05, 4.69) is 15.5 Å². The van der Waals surface area contributed by atoms with E-state index in [1.165, 1.54) is 46.1 Å². The van der Waals surface area contributed by atoms with Crippen LogP contribution in [0.15, 0.2) is 94.6 Å². The zero-order valence-corrected chi connectivity index (χ0v) is 32.9. The first-order valence-corrected chi connectivity index (χ1v) is 20.2. The molecule has 2 aromatic heterocycles. The Morgan fingerprint density at radius 2 is 1.72 bits per heavy atom. The molecule has 3 heterocycles. The molecule has 3 amide bonds. The second-order valence-electron chi connectivity index (χ2n) is 14.9. The quantitative estimate of drug-likeness (QED) is 0.0803. The molecule has 0 bridgehead atoms. The van der Waals surface area contributed by atoms with E-state index in [4.69, 9.17) is 10.2 Å². The van der Waals surface area contributed by atoms with Crippen LogP contribution in [-0.4, -0.2) is 105 Å². The van der Waals surface area contributed by atoms with E-state index in [1.807, 2.05) is 82.5 Å². The summed E-state index contributed by atoms with van der Waals surface area (Å²) in [5.74, 6) is -0.512. The molecule has 54 heavy (non-hydrogen) atoms. The summed E-state index contributed by atoms with van der Waals surface area (Å²) in [7, 11) is -4.08. The number of pyridine rings is 1. The Kier molecular flexibility index (Phi) is 13.2. The number of oxime groups is 1. The number of nitrogens with zero attached hydrogens (tertiary/aromatic N) is 6. The number of aromatic nitrogens is 2. The molecular weight excluding hydrogens is 727 g/mol. The summed E-state index contributed by atoms with van der Waals surface area (Å²) >= 11 is 1.49. The van der Waals surface area contributed by atoms with Crippen molar-refractivity contribution in [2.75, 3.05) is 26.2 Å². The normalized spacial score (nSPS) is 15.7. The number of nitrogens with one attached hydrogen (secondary N) is 1. The van der Waals surface area contributed by atoms with Gasteiger partial charge in [0.1, 0.15) is 11.0 Å². The van der Waals surface area contributed by atoms with Crippen LogP contribution in [0.3, 0.4) is 0 Å². The highest BCUT2D eigenvalue weighted by Crippen LogP contribution is 2.30. The molecule has 1 aliphatic heterocycles. The van der Waals surface area contributed by atoms with E-state index in [9.17, 15) is 23.1 Å². The summed E-state index contributed by atoms with van der Waals surface area (Å²) in [5, 5.41) is 29.5. The first-order valence-electron chi connectivity index (χ1n) is 17.9. The maximum Gasteiger partial charge on any atom is 0.321 e. The minimum absolute atomic E-state index is 0.0187. The lowest BCUT2D eigenvalue weighted by Crippen LogP contribution is -2.59. The van der Waals surface area contributed by atoms with Crippen LogP contribution in [0.1, 0.15) is 51.4 Å². The van der Waals surface area contributed by atoms with Crippen LogP contribution in [0, 0.1) is 11.3 Å². The smallest absolute Gasteiger partial charge is 0.321 e. The van der Waals surface area contributed by atoms with Crippen LogP contribution in [0.5, 0.6) is 0 Å². The molecule has 0 radical (unpaired) electrons. The van der Waals surface area contributed by atoms with Crippen LogP contribution in [0.25, 0.3) is 10.6 Å². The minimum atomic E-state index is -4.08. The van der Waals surface area contributed by atoms with Gasteiger partial charge in [0.15, 0.2) is 0 Å². The summed E-state index contributed by atoms with van der Waals surface area (Å²) in [6.07, 6.45) is 3.52. The number of carbonyl (C=O) groups excluding carboxylic acids is 2. The van der Waals surface area contributed by atoms with Crippen molar-refractivity contribution in [3.05, 3.63) is 101 Å². The number of thiazole rings is 1. The third kappa shape index (κ3) is 10.1. The number of carbonyl (C=O) groups is 2. The van der Waals surface area contributed by atoms with E-state index in [0.29, 0.717) is 25.2 Å². The number of rotatable bonds is 16. The minimum Gasteiger partial charge on any atom is -0.411 e. The average molecular weight is 776 g/mol. The predicted molar refractivity (Wildman–Crippen MR) is 209 cm³/mol. The summed E-state index contributed by atoms with van der Waals surface area (Å²) in [6, 6.07) is 17.0. The van der Waals surface area contributed by atoms with Gasteiger partial charge in [-0.05, 0) is 53.1 Å². The van der Waals surface area contributed by atoms with Crippen LogP contribution in [0.2, 0.25) is 0 Å². The van der Waals surface area contributed by atoms with Gasteiger partial charge >= 0.3 is 6.03 Å². The fraction of sp³-hybridized carbons (Fsp3) is 0.410. The van der Waals surface area contributed by atoms with E-state index < -0.39 is 39.5 Å². The van der Waals surface area contributed by atoms with Gasteiger partial charge in [-0.15, -0.1) is 11.3 Å². The molecule has 13 nitrogen and oxygen atoms in total. The third-order valence-corrected chi connectivity index (χ3v) is 11.9. The number of urea groups is 1. The topological polar surface area (TPSA) is 169 Å². The number of aliphatic hydroxyl groups is 1. The first-order chi connectivity index (χ1) is 25.7. The van der Waals surface area contributed by atoms with Crippen molar-refractivity contribution in [2.24, 2.45) is 16.5 Å². The summed E-state index contributed by atoms with van der Waals surface area (Å²) < 4.78 is 29.1. The summed E-state index contributed by atoms with van der Waals surface area (Å²) in [4.78, 5) is 40.4. The predicted octanol–water partition coefficient (Wildman–Crippen LogP) is 5.10. The molecule has 15 heteroatoms. The van der Waals surface area contributed by atoms with Gasteiger partial charge < -0.3 is 25.4 Å². The van der Waals surface area contributed by atoms with E-state index >= 15 is 0 Å². The molecule has 3 atom stereocenters. The molecule has 2 aromatic carbocycles. The van der Waals surface area contributed by atoms with Crippen molar-refractivity contribution >= 4 is 39.5 Å². The van der Waals surface area contributed by atoms with Crippen molar-refractivity contribution in [1.29, 1.82) is 0 Å². The standard InChI is InChI=1S/C39H49N7O6S2/c1-27(2)23-45(54(51,52)32-13-11-29(12-14-32)22-41-50)25-34(47)33(21-28-9-7-6-8-10-28)43-36(48)35(39(3,4)5)46-20-19-44(38(46)49)24-31-26-53-37(42-31)30-15-17-40-18-16-30/h6-18,22,26-27,33-35,47,50H,19-21,23-25H2,1-5H3,(H,43,48)/t33-,34-,35+/m0/s1. The molecule has 3 N–H and O–H groups in total. The van der Waals surface area contributed by atoms with Gasteiger partial charge in [-0.2, -0.15) is 4.31 Å². The molecule has 4 aromatic rings. The van der Waals surface area contributed by atoms with Gasteiger partial charge in [0.25, 0.3) is 0 Å². The number of aliphatic hydroxyl groups excluding tert-OH is 1. The Labute approximate surface area is 321 Å². The highest BCUT2D eigenvalue weighted by molar-refractivity contribution is 7.89. The van der Waals surface area contributed by atoms with Gasteiger partial charge in [0, 0.05) is 49.5 Å². The maximum atomic E-state index is 14.4. The molecule has 1 saturated heterocycles. The summed E-state index contributed by atoms with van der Waals surface area (Å²) in [6.45, 7) is 10.3. The van der Waals surface area contributed by atoms with E-state index in [1.54, 1.807) is 22.2 Å². The van der Waals surface area contributed by atoms with Crippen LogP contribution >= 0.6 is 11.3 Å². The average Bonchev–Trinajstić information content (AvgIpc) is 3.74. The van der Waals surface area contributed by atoms with Crippen LogP contribution < -0.4 is 5.32 Å². The Hall–Kier alpha value is -4.70. The lowest BCUT2D eigenvalue weighted by molar-refractivity contribution is -0.130. The van der Waals surface area contributed by atoms with Gasteiger partial charge in [0.05, 0.1) is 35.5 Å². The molecule has 0 saturated carbocycles. The van der Waals surface area contributed by atoms with Crippen molar-refractivity contribution in [3.63, 3.8) is 0 Å². The van der Waals surface area contributed by atoms with Crippen LogP contribution in [0.4, 0.5) is 4.79 Å². The Balaban J connectivity index is 1.36. The highest BCUT2D eigenvalue weighted by Gasteiger charge is 2.44. The molecule has 0 unspecified atom stereocenters. The molecule has 0 aliphatic carbocycles. The Morgan fingerprint density at radius 1 is 1.04 bits per heavy atom. The fourth-order valence-corrected chi connectivity index (χ4v) is 9.00. The van der Waals surface area contributed by atoms with Crippen molar-refractivity contribution < 1.29 is 28.3 Å². The zero-order valence-electron chi connectivity index (χ0n) is 31.2. The van der Waals surface area contributed by atoms with Gasteiger partial charge in [0.2, 0.25) is 15.9 Å². The molecule has 0 spiro atoms. The second kappa shape index (κ2) is 17.6. The number of sulfonamides is 1. The Morgan fingerprint density at radius 3 is 2.35 bits per heavy atom. The number of amides is 3. The lowest BCUT2D eigenvalue weighted by atomic mass is 9.84. The number of hydrogen-bond donors (Lipinski definition) is 3. The monoisotopic (exact) mass is 775 g/mol. The van der Waals surface area contributed by atoms with Crippen molar-refractivity contribution in [2.45, 2.75) is 70.7 Å². The largest absolute Gasteiger partial charge is 0.411 e. The van der Waals surface area contributed by atoms with E-state index in [0.717, 1.165) is 21.8 Å². The number of benzene rings is 2. The zero-order chi connectivity index (χ0) is 39.0. The maximum absolute atomic E-state index is 14.4. The molecule has 1 aliphatic rings. The number of hydrogen-bond acceptors (Lipinski definition) is 10. The highest BCUT2D eigenvalue weighted by atomic mass is 32.2. The van der Waals surface area contributed by atoms with Crippen LogP contribution in [-0.2, 0) is 27.8 Å². The molecule has 1 fully saturated rings. The molecular formula is C39H49N7O6S2. The molecule has 288 valence electrons. The molecule has 5 rings (SSSR count). The Bertz CT molecular complexity index is 1980. The second-order valence-corrected chi connectivity index (χ2v) is 17.7. The van der Waals surface area contributed by atoms with E-state index in [-0.39, 0.29) is 36.4 Å². The third-order valence-electron chi connectivity index (χ3n) is 9.11. The van der Waals surface area contributed by atoms with Crippen molar-refractivity contribution in [3.8, 4) is 10.6 Å². The first kappa shape index (κ1) is 40.5. The van der Waals surface area contributed by atoms with Gasteiger partial charge in [-0.25, -0.2) is 18.2 Å². The fourth-order valence-electron chi connectivity index (χ4n) is 6.56. The lowest BCUT2D eigenvalue weighted by Gasteiger charge is -2.38. The van der Waals surface area contributed by atoms with Gasteiger partial charge in [-0.3, -0.25) is 9.78 Å².